The second kappa shape index (κ2) is 39.5. The van der Waals surface area contributed by atoms with Crippen molar-refractivity contribution in [3.63, 3.8) is 0 Å². The van der Waals surface area contributed by atoms with Gasteiger partial charge in [-0.25, -0.2) is 28.1 Å². The van der Waals surface area contributed by atoms with E-state index in [1.165, 1.54) is 63.3 Å². The Morgan fingerprint density at radius 3 is 1.12 bits per heavy atom. The van der Waals surface area contributed by atoms with Crippen LogP contribution in [0.2, 0.25) is 15.1 Å². The van der Waals surface area contributed by atoms with Gasteiger partial charge in [0.2, 0.25) is 17.7 Å². The maximum absolute atomic E-state index is 16.6. The fraction of sp³-hybridized carbons (Fsp3) is 0.455. The SMILES string of the molecule is C=CC(=O)N1CCN(c2nc(OC[C@@H]3CCCN3C)nc3c(F)c(-c4nc(N)cc(C)c4C(F)(F)F)c(Cl)cc23)[C@@H](C)C1.C=CC(=O)N1CCN(c2nc(OC[C@@H]3CCCN3C)nc3cc(-c4nc(N)cc(C)c4C(F)(F)F)c(Cl)cc23)[C@@H](C)C1.Cc1cc(N)nc(-c2c(Cl)cc3c(N4CCN(C(=O)/C=C/CF)C[C@@H]4C)nc(OC[C@@H]4CCCN4C)nc3c2F)c1C(F)(F)F. The molecule has 0 aliphatic carbocycles. The third-order valence-electron chi connectivity index (χ3n) is 24.3. The Morgan fingerprint density at radius 1 is 0.454 bits per heavy atom. The Balaban J connectivity index is 0.000000166. The van der Waals surface area contributed by atoms with Gasteiger partial charge in [0.15, 0.2) is 11.6 Å². The lowest BCUT2D eigenvalue weighted by Gasteiger charge is -2.40. The normalized spacial score (nSPS) is 19.8. The number of nitrogen functional groups attached to an aromatic ring is 3. The van der Waals surface area contributed by atoms with Crippen molar-refractivity contribution >= 4 is 120 Å². The van der Waals surface area contributed by atoms with Crippen molar-refractivity contribution in [3.8, 4) is 51.8 Å². The number of fused-ring (bicyclic) bond motifs is 3. The number of carbonyl (C=O) groups excluding carboxylic acids is 3. The largest absolute Gasteiger partial charge is 0.462 e. The maximum atomic E-state index is 16.6. The van der Waals surface area contributed by atoms with E-state index in [2.05, 4.69) is 67.7 Å². The van der Waals surface area contributed by atoms with Gasteiger partial charge < -0.3 is 75.5 Å². The number of aryl methyl sites for hydroxylation is 3. The average molecular weight is 1880 g/mol. The number of nitrogens with two attached hydrogens (primary N) is 3. The second-order valence-electron chi connectivity index (χ2n) is 33.2. The number of amides is 3. The zero-order valence-electron chi connectivity index (χ0n) is 72.7. The molecule has 0 saturated carbocycles. The molecule has 6 aromatic heterocycles. The number of hydrogen-bond acceptors (Lipinski definition) is 24. The zero-order chi connectivity index (χ0) is 94.2. The van der Waals surface area contributed by atoms with Gasteiger partial charge in [0, 0.05) is 123 Å². The Labute approximate surface area is 756 Å². The van der Waals surface area contributed by atoms with Gasteiger partial charge in [-0.15, -0.1) is 0 Å². The zero-order valence-corrected chi connectivity index (χ0v) is 75.0. The van der Waals surface area contributed by atoms with Crippen LogP contribution in [-0.4, -0.2) is 254 Å². The molecule has 6 saturated heterocycles. The topological polar surface area (TPSA) is 302 Å². The van der Waals surface area contributed by atoms with Crippen LogP contribution in [0.25, 0.3) is 66.5 Å². The number of alkyl halides is 10. The predicted molar refractivity (Wildman–Crippen MR) is 475 cm³/mol. The highest BCUT2D eigenvalue weighted by Gasteiger charge is 2.44. The molecular weight excluding hydrogens is 1780 g/mol. The Kier molecular flexibility index (Phi) is 29.3. The first kappa shape index (κ1) is 96.4. The number of halogens is 15. The van der Waals surface area contributed by atoms with Crippen LogP contribution in [0.4, 0.5) is 87.6 Å². The van der Waals surface area contributed by atoms with Gasteiger partial charge in [0.25, 0.3) is 0 Å². The van der Waals surface area contributed by atoms with Crippen LogP contribution in [0.1, 0.15) is 92.7 Å². The fourth-order valence-electron chi connectivity index (χ4n) is 17.6. The van der Waals surface area contributed by atoms with E-state index in [0.717, 1.165) is 76.4 Å². The first-order chi connectivity index (χ1) is 61.5. The number of likely N-dealkylation sites (tertiary alicyclic amines) is 3. The molecule has 42 heteroatoms. The number of carbonyl (C=O) groups is 3. The molecule has 3 amide bonds. The minimum Gasteiger partial charge on any atom is -0.462 e. The highest BCUT2D eigenvalue weighted by atomic mass is 35.5. The molecule has 6 N–H and O–H groups in total. The van der Waals surface area contributed by atoms with Gasteiger partial charge in [-0.05, 0) is 198 Å². The molecule has 12 heterocycles. The van der Waals surface area contributed by atoms with Crippen molar-refractivity contribution in [1.82, 2.24) is 74.3 Å². The number of allylic oxidation sites excluding steroid dienone is 1. The van der Waals surface area contributed by atoms with E-state index in [9.17, 15) is 58.3 Å². The molecule has 0 bridgehead atoms. The second-order valence-corrected chi connectivity index (χ2v) is 34.4. The number of anilines is 6. The third kappa shape index (κ3) is 20.8. The van der Waals surface area contributed by atoms with Gasteiger partial charge in [0.05, 0.1) is 65.5 Å². The van der Waals surface area contributed by atoms with Crippen molar-refractivity contribution in [2.45, 2.75) is 135 Å². The van der Waals surface area contributed by atoms with Crippen molar-refractivity contribution in [3.05, 3.63) is 140 Å². The Hall–Kier alpha value is -11.1. The number of likely N-dealkylation sites (N-methyl/N-ethyl adjacent to an activating group) is 3. The number of benzene rings is 3. The van der Waals surface area contributed by atoms with Crippen molar-refractivity contribution < 1.29 is 81.3 Å². The first-order valence-corrected chi connectivity index (χ1v) is 43.2. The predicted octanol–water partition coefficient (Wildman–Crippen LogP) is 15.5. The lowest BCUT2D eigenvalue weighted by Crippen LogP contribution is -2.53. The number of pyridine rings is 3. The van der Waals surface area contributed by atoms with Crippen LogP contribution in [0.5, 0.6) is 18.0 Å². The van der Waals surface area contributed by atoms with Gasteiger partial charge in [-0.1, -0.05) is 48.0 Å². The van der Waals surface area contributed by atoms with E-state index in [1.54, 1.807) is 20.8 Å². The number of ether oxygens (including phenoxy) is 3. The summed E-state index contributed by atoms with van der Waals surface area (Å²) in [5.41, 5.74) is 10.5. The van der Waals surface area contributed by atoms with Gasteiger partial charge >= 0.3 is 36.6 Å². The summed E-state index contributed by atoms with van der Waals surface area (Å²) in [6.45, 7) is 22.6. The molecule has 6 aliphatic rings. The molecule has 3 aromatic carbocycles. The summed E-state index contributed by atoms with van der Waals surface area (Å²) in [6.07, 6.45) is -3.77. The van der Waals surface area contributed by atoms with Crippen LogP contribution in [0, 0.1) is 32.4 Å². The molecule has 130 heavy (non-hydrogen) atoms. The maximum Gasteiger partial charge on any atom is 0.418 e. The van der Waals surface area contributed by atoms with Crippen LogP contribution in [-0.2, 0) is 32.9 Å². The van der Waals surface area contributed by atoms with Crippen molar-refractivity contribution in [2.75, 3.05) is 158 Å². The summed E-state index contributed by atoms with van der Waals surface area (Å²) in [5.74, 6) is -2.41. The summed E-state index contributed by atoms with van der Waals surface area (Å²) >= 11 is 19.8. The molecule has 15 rings (SSSR count). The number of piperazine rings is 3. The van der Waals surface area contributed by atoms with Crippen LogP contribution in [0.3, 0.4) is 0 Å². The summed E-state index contributed by atoms with van der Waals surface area (Å²) in [6, 6.07) is 8.49. The minimum atomic E-state index is -4.88. The van der Waals surface area contributed by atoms with Crippen molar-refractivity contribution in [2.24, 2.45) is 0 Å². The van der Waals surface area contributed by atoms with E-state index in [4.69, 9.17) is 71.2 Å². The monoisotopic (exact) mass is 1880 g/mol. The number of rotatable bonds is 19. The van der Waals surface area contributed by atoms with Crippen molar-refractivity contribution in [1.29, 1.82) is 0 Å². The summed E-state index contributed by atoms with van der Waals surface area (Å²) < 4.78 is 191. The molecule has 6 fully saturated rings. The van der Waals surface area contributed by atoms with E-state index >= 15 is 8.78 Å². The lowest BCUT2D eigenvalue weighted by atomic mass is 9.99. The summed E-state index contributed by atoms with van der Waals surface area (Å²) in [5, 5.41) is 0.258. The molecule has 0 radical (unpaired) electrons. The van der Waals surface area contributed by atoms with Gasteiger partial charge in [-0.3, -0.25) is 14.4 Å². The smallest absolute Gasteiger partial charge is 0.418 e. The Morgan fingerprint density at radius 2 is 0.785 bits per heavy atom. The van der Waals surface area contributed by atoms with Gasteiger partial charge in [-0.2, -0.15) is 69.4 Å². The van der Waals surface area contributed by atoms with E-state index in [1.807, 2.05) is 56.6 Å². The molecule has 696 valence electrons. The molecule has 6 aliphatic heterocycles. The minimum absolute atomic E-state index is 0.0460. The average Bonchev–Trinajstić information content (AvgIpc) is 1.25. The highest BCUT2D eigenvalue weighted by Crippen LogP contribution is 2.49. The van der Waals surface area contributed by atoms with Gasteiger partial charge in [0.1, 0.15) is 72.4 Å². The summed E-state index contributed by atoms with van der Waals surface area (Å²) in [7, 11) is 5.98. The van der Waals surface area contributed by atoms with Crippen LogP contribution in [0.15, 0.2) is 79.9 Å². The first-order valence-electron chi connectivity index (χ1n) is 42.0. The number of aromatic nitrogens is 9. The van der Waals surface area contributed by atoms with Crippen LogP contribution < -0.4 is 46.1 Å². The fourth-order valence-corrected chi connectivity index (χ4v) is 18.4. The standard InChI is InChI=1S/C30H33ClF5N7O2.C29H32ClF4N7O2.C29H33ClF3N7O2/c1-16-12-21(37)38-27(24(16)30(34,35)36)23-20(31)13-19-26(25(23)33)39-29(45-15-18-6-5-9-41(18)3)40-28(19)43-11-10-42(14-17(43)2)22(44)7-4-8-32;1-5-21(42)40-9-10-41(16(3)13-40)27-18-12-19(30)22(26-23(29(32,33)34)15(2)11-20(35)36-26)24(31)25(18)37-28(38-27)43-14-17-7-6-8-39(17)4;1-5-24(41)39-9-10-40(17(3)14-39)27-20-12-21(30)19(26-25(29(31,32)33)16(2)11-23(34)36-26)13-22(20)35-28(37-27)42-15-18-7-6-8-38(18)4/h4,7,12-13,17-18H,5-6,8-11,14-15H2,1-3H3,(H2,37,38);5,11-12,16-17H,1,6-10,13-14H2,2-4H3,(H2,35,36);5,11-13,17-18H,1,6-10,14-15H2,2-4H3,(H2,34,36)/b7-4+;;/t17-,18-;16-,17-;17-,18-/m000/s1. The molecule has 0 spiro atoms. The molecule has 6 atom stereocenters. The summed E-state index contributed by atoms with van der Waals surface area (Å²) in [4.78, 5) is 93.2. The quantitative estimate of drug-likeness (QED) is 0.0500. The Bertz CT molecular complexity index is 5860. The number of hydrogen-bond donors (Lipinski definition) is 3. The molecular formula is C88H98Cl3F12N21O6. The molecule has 27 nitrogen and oxygen atoms in total. The van der Waals surface area contributed by atoms with Crippen LogP contribution >= 0.6 is 34.8 Å². The van der Waals surface area contributed by atoms with E-state index < -0.39 is 76.0 Å². The van der Waals surface area contributed by atoms with E-state index in [-0.39, 0.29) is 199 Å². The molecule has 0 unspecified atom stereocenters. The third-order valence-corrected chi connectivity index (χ3v) is 25.2. The number of nitrogens with zero attached hydrogens (tertiary/aromatic N) is 18. The highest BCUT2D eigenvalue weighted by molar-refractivity contribution is 6.35. The molecule has 9 aromatic rings. The van der Waals surface area contributed by atoms with E-state index in [0.29, 0.717) is 62.6 Å². The lowest BCUT2D eigenvalue weighted by molar-refractivity contribution is -0.138.